The van der Waals surface area contributed by atoms with Gasteiger partial charge in [0.05, 0.1) is 45.2 Å². The Morgan fingerprint density at radius 1 is 0.329 bits per heavy atom. The van der Waals surface area contributed by atoms with E-state index in [1.54, 1.807) is 0 Å². The molecule has 7 aliphatic heterocycles. The van der Waals surface area contributed by atoms with Crippen LogP contribution in [0.2, 0.25) is 0 Å². The summed E-state index contributed by atoms with van der Waals surface area (Å²) in [6, 6.07) is -5.04. The second-order valence-electron chi connectivity index (χ2n) is 21.8. The highest BCUT2D eigenvalue weighted by atomic mass is 16.8. The van der Waals surface area contributed by atoms with Gasteiger partial charge in [0, 0.05) is 20.8 Å². The van der Waals surface area contributed by atoms with Crippen molar-refractivity contribution in [2.24, 2.45) is 0 Å². The number of ether oxygens (including phenoxy) is 13. The quantitative estimate of drug-likeness (QED) is 0.0538. The molecule has 85 heavy (non-hydrogen) atoms. The number of aliphatic hydroxyl groups excluding tert-OH is 18. The van der Waals surface area contributed by atoms with Gasteiger partial charge in [0.2, 0.25) is 17.7 Å². The van der Waals surface area contributed by atoms with Crippen LogP contribution in [-0.4, -0.2) is 357 Å². The fraction of sp³-hybridized carbons (Fsp3) is 0.938. The molecule has 35 atom stereocenters. The molecule has 7 saturated heterocycles. The van der Waals surface area contributed by atoms with Gasteiger partial charge in [-0.15, -0.1) is 0 Å². The van der Waals surface area contributed by atoms with Crippen molar-refractivity contribution in [3.63, 3.8) is 0 Å². The number of rotatable bonds is 20. The predicted octanol–water partition coefficient (Wildman–Crippen LogP) is -13.8. The van der Waals surface area contributed by atoms with E-state index in [0.29, 0.717) is 0 Å². The van der Waals surface area contributed by atoms with Gasteiger partial charge in [0.15, 0.2) is 44.0 Å². The number of amides is 3. The minimum atomic E-state index is -2.33. The second-order valence-corrected chi connectivity index (χ2v) is 21.8. The Hall–Kier alpha value is -2.83. The Balaban J connectivity index is 1.17. The van der Waals surface area contributed by atoms with Crippen molar-refractivity contribution < 1.29 is 168 Å². The Morgan fingerprint density at radius 2 is 0.624 bits per heavy atom. The topological polar surface area (TPSA) is 571 Å². The monoisotopic (exact) mass is 1240 g/mol. The first kappa shape index (κ1) is 69.6. The van der Waals surface area contributed by atoms with Gasteiger partial charge in [-0.1, -0.05) is 0 Å². The lowest BCUT2D eigenvalue weighted by Crippen LogP contribution is -2.70. The molecule has 7 rings (SSSR count). The summed E-state index contributed by atoms with van der Waals surface area (Å²) in [5, 5.41) is 203. The molecule has 3 amide bonds. The molecule has 0 aromatic carbocycles. The van der Waals surface area contributed by atoms with Crippen LogP contribution in [0.25, 0.3) is 0 Å². The van der Waals surface area contributed by atoms with Crippen LogP contribution >= 0.6 is 0 Å². The summed E-state index contributed by atoms with van der Waals surface area (Å²) in [5.41, 5.74) is 0. The Kier molecular flexibility index (Phi) is 24.5. The van der Waals surface area contributed by atoms with E-state index in [-0.39, 0.29) is 0 Å². The van der Waals surface area contributed by atoms with E-state index < -0.39 is 266 Å². The molecule has 21 N–H and O–H groups in total. The van der Waals surface area contributed by atoms with E-state index in [4.69, 9.17) is 61.6 Å². The second kappa shape index (κ2) is 29.9. The van der Waals surface area contributed by atoms with Crippen LogP contribution < -0.4 is 16.0 Å². The molecule has 0 radical (unpaired) electrons. The summed E-state index contributed by atoms with van der Waals surface area (Å²) in [6.07, 6.45) is -59.2. The molecule has 0 saturated carbocycles. The molecule has 37 nitrogen and oxygen atoms in total. The lowest BCUT2D eigenvalue weighted by atomic mass is 9.94. The van der Waals surface area contributed by atoms with Crippen LogP contribution in [0.1, 0.15) is 34.6 Å². The summed E-state index contributed by atoms with van der Waals surface area (Å²) in [4.78, 5) is 38.0. The zero-order valence-electron chi connectivity index (χ0n) is 46.3. The van der Waals surface area contributed by atoms with E-state index in [9.17, 15) is 106 Å². The van der Waals surface area contributed by atoms with Crippen molar-refractivity contribution in [2.45, 2.75) is 249 Å². The minimum absolute atomic E-state index is 0.779. The van der Waals surface area contributed by atoms with Gasteiger partial charge >= 0.3 is 0 Å². The number of hydrogen-bond acceptors (Lipinski definition) is 34. The fourth-order valence-corrected chi connectivity index (χ4v) is 10.9. The van der Waals surface area contributed by atoms with E-state index >= 15 is 0 Å². The van der Waals surface area contributed by atoms with E-state index in [1.165, 1.54) is 13.8 Å². The molecule has 37 heteroatoms. The number of carbonyl (C=O) groups excluding carboxylic acids is 3. The lowest BCUT2D eigenvalue weighted by molar-refractivity contribution is -0.379. The van der Waals surface area contributed by atoms with Crippen molar-refractivity contribution in [1.29, 1.82) is 0 Å². The highest BCUT2D eigenvalue weighted by molar-refractivity contribution is 5.74. The maximum Gasteiger partial charge on any atom is 0.217 e. The standard InChI is InChI=1S/C48H81N3O34/c1-11-24(58)31(65)34(68)45(75-11)83-39-22(50-14(4)56)43(78-17(7-53)27(39)61)73-9-19-29(63)38(21(42(72)77-19)49-13(3)55)82-48-37(71)41(85-47-36(70)33(67)26(60)16(6-52)80-47)30(64)20(81-48)10-74-44-23(51-15(5)57)40(28(62)18(8-54)79-44)84-46-35(69)32(66)25(59)12(2)76-46/h11-12,16-48,52-54,58-72H,6-10H2,1-5H3,(H,49,55)(H,50,56)(H,51,57)/t11-,12-,16+,17+,18+,19+,20+,21+,22+,23+,24+,25+,26-,27+,28+,29-,30-,31+,32+,33-,34-,35-,36+,37+,38+,39+,40+,41-,42-,43+,44+,45-,46-,47-,48-/m0/s1. The summed E-state index contributed by atoms with van der Waals surface area (Å²) in [5.74, 6) is -2.45. The van der Waals surface area contributed by atoms with Crippen molar-refractivity contribution in [1.82, 2.24) is 16.0 Å². The summed E-state index contributed by atoms with van der Waals surface area (Å²) >= 11 is 0. The molecule has 0 spiro atoms. The zero-order valence-corrected chi connectivity index (χ0v) is 46.3. The van der Waals surface area contributed by atoms with Crippen LogP contribution in [0, 0.1) is 0 Å². The van der Waals surface area contributed by atoms with Gasteiger partial charge in [-0.05, 0) is 13.8 Å². The number of nitrogens with one attached hydrogen (secondary N) is 3. The summed E-state index contributed by atoms with van der Waals surface area (Å²) in [7, 11) is 0. The Labute approximate surface area is 483 Å². The van der Waals surface area contributed by atoms with Crippen LogP contribution in [0.4, 0.5) is 0 Å². The van der Waals surface area contributed by atoms with Gasteiger partial charge in [0.25, 0.3) is 0 Å². The molecule has 7 heterocycles. The molecular formula is C48H81N3O34. The van der Waals surface area contributed by atoms with Crippen molar-refractivity contribution in [3.05, 3.63) is 0 Å². The van der Waals surface area contributed by atoms with Gasteiger partial charge in [0.1, 0.15) is 159 Å². The van der Waals surface area contributed by atoms with Crippen LogP contribution in [-0.2, 0) is 76.0 Å². The largest absolute Gasteiger partial charge is 0.394 e. The van der Waals surface area contributed by atoms with Crippen molar-refractivity contribution >= 4 is 17.7 Å². The summed E-state index contributed by atoms with van der Waals surface area (Å²) in [6.45, 7) is 1.07. The SMILES string of the molecule is CC(=O)N[C@@H]1[C@@H](O[C@@H]2O[C@H](CO[C@@H]3O[C@H](CO)[C@@H](O)[C@H](O[C@@H]4O[C@@H](C)[C@@H](O)[C@@H](O)[C@@H]4O)[C@H]3NC(C)=O)[C@H](O)[C@H](O[C@@H]3O[C@H](CO)[C@H](O)[C@H](O)[C@H]3O)[C@H]2O)[C@@H](O)[C@@H](CO[C@@H]2O[C@H](CO)[C@@H](O)[C@H](O[C@@H]3O[C@@H](C)[C@@H](O)[C@@H](O)[C@@H]3O)[C@H]2NC(C)=O)O[C@@H]1O. The van der Waals surface area contributed by atoms with Gasteiger partial charge < -0.3 is 169 Å². The molecule has 0 aliphatic carbocycles. The van der Waals surface area contributed by atoms with E-state index in [1.807, 2.05) is 0 Å². The molecule has 492 valence electrons. The Bertz CT molecular complexity index is 2150. The third-order valence-corrected chi connectivity index (χ3v) is 15.6. The Morgan fingerprint density at radius 3 is 1.04 bits per heavy atom. The molecule has 7 aliphatic rings. The first-order valence-corrected chi connectivity index (χ1v) is 27.3. The maximum absolute atomic E-state index is 12.7. The zero-order chi connectivity index (χ0) is 62.8. The summed E-state index contributed by atoms with van der Waals surface area (Å²) < 4.78 is 75.7. The average molecular weight is 1240 g/mol. The smallest absolute Gasteiger partial charge is 0.217 e. The average Bonchev–Trinajstić information content (AvgIpc) is 3.16. The number of carbonyl (C=O) groups is 3. The molecule has 0 bridgehead atoms. The van der Waals surface area contributed by atoms with E-state index in [2.05, 4.69) is 16.0 Å². The van der Waals surface area contributed by atoms with Crippen LogP contribution in [0.3, 0.4) is 0 Å². The predicted molar refractivity (Wildman–Crippen MR) is 264 cm³/mol. The number of aliphatic hydroxyl groups is 18. The molecule has 7 fully saturated rings. The first-order chi connectivity index (χ1) is 40.0. The lowest BCUT2D eigenvalue weighted by Gasteiger charge is -2.50. The van der Waals surface area contributed by atoms with Gasteiger partial charge in [-0.2, -0.15) is 0 Å². The first-order valence-electron chi connectivity index (χ1n) is 27.3. The third kappa shape index (κ3) is 15.5. The molecule has 0 unspecified atom stereocenters. The molecule has 0 aromatic heterocycles. The van der Waals surface area contributed by atoms with Crippen LogP contribution in [0.15, 0.2) is 0 Å². The normalized spacial score (nSPS) is 49.8. The van der Waals surface area contributed by atoms with E-state index in [0.717, 1.165) is 20.8 Å². The highest BCUT2D eigenvalue weighted by Gasteiger charge is 2.58. The molecular weight excluding hydrogens is 1160 g/mol. The van der Waals surface area contributed by atoms with Gasteiger partial charge in [-0.25, -0.2) is 0 Å². The van der Waals surface area contributed by atoms with Gasteiger partial charge in [-0.3, -0.25) is 14.4 Å². The van der Waals surface area contributed by atoms with Crippen molar-refractivity contribution in [3.8, 4) is 0 Å². The number of hydrogen-bond donors (Lipinski definition) is 21. The fourth-order valence-electron chi connectivity index (χ4n) is 10.9. The third-order valence-electron chi connectivity index (χ3n) is 15.6. The maximum atomic E-state index is 12.7. The molecule has 0 aromatic rings. The van der Waals surface area contributed by atoms with Crippen molar-refractivity contribution in [2.75, 3.05) is 33.0 Å². The minimum Gasteiger partial charge on any atom is -0.394 e. The van der Waals surface area contributed by atoms with Crippen LogP contribution in [0.5, 0.6) is 0 Å². The highest BCUT2D eigenvalue weighted by Crippen LogP contribution is 2.36.